The van der Waals surface area contributed by atoms with Crippen molar-refractivity contribution in [3.8, 4) is 5.95 Å². The Morgan fingerprint density at radius 1 is 1.33 bits per heavy atom. The van der Waals surface area contributed by atoms with E-state index < -0.39 is 5.97 Å². The molecule has 9 nitrogen and oxygen atoms in total. The molecule has 9 heteroatoms. The van der Waals surface area contributed by atoms with Gasteiger partial charge in [0.15, 0.2) is 5.52 Å². The highest BCUT2D eigenvalue weighted by molar-refractivity contribution is 5.87. The number of carbonyl (C=O) groups is 1. The molecule has 0 fully saturated rings. The lowest BCUT2D eigenvalue weighted by Gasteiger charge is -2.22. The first-order valence-electron chi connectivity index (χ1n) is 7.55. The molecule has 0 saturated heterocycles. The van der Waals surface area contributed by atoms with Gasteiger partial charge in [0.2, 0.25) is 5.95 Å². The van der Waals surface area contributed by atoms with Gasteiger partial charge in [-0.3, -0.25) is 14.5 Å². The van der Waals surface area contributed by atoms with E-state index in [1.807, 2.05) is 0 Å². The highest BCUT2D eigenvalue weighted by atomic mass is 16.4. The fourth-order valence-corrected chi connectivity index (χ4v) is 2.29. The predicted octanol–water partition coefficient (Wildman–Crippen LogP) is 1.44. The average Bonchev–Trinajstić information content (AvgIpc) is 3.14. The summed E-state index contributed by atoms with van der Waals surface area (Å²) in [6.07, 6.45) is 4.96. The first kappa shape index (κ1) is 15.9. The highest BCUT2D eigenvalue weighted by Crippen LogP contribution is 2.23. The number of nitrogens with zero attached hydrogens (tertiary/aromatic N) is 5. The Hall–Kier alpha value is -2.97. The molecule has 0 spiro atoms. The zero-order valence-corrected chi connectivity index (χ0v) is 13.6. The van der Waals surface area contributed by atoms with Crippen LogP contribution in [0.2, 0.25) is 0 Å². The number of hydrogen-bond donors (Lipinski definition) is 2. The van der Waals surface area contributed by atoms with E-state index in [1.165, 1.54) is 23.3 Å². The maximum atomic E-state index is 12.5. The summed E-state index contributed by atoms with van der Waals surface area (Å²) in [5.41, 5.74) is 0.506. The third-order valence-electron chi connectivity index (χ3n) is 4.07. The maximum absolute atomic E-state index is 12.5. The zero-order chi connectivity index (χ0) is 17.5. The van der Waals surface area contributed by atoms with Crippen LogP contribution >= 0.6 is 0 Å². The van der Waals surface area contributed by atoms with Gasteiger partial charge >= 0.3 is 5.97 Å². The van der Waals surface area contributed by atoms with E-state index in [2.05, 4.69) is 40.9 Å². The number of aromatic amines is 1. The Bertz CT molecular complexity index is 965. The van der Waals surface area contributed by atoms with Gasteiger partial charge in [-0.2, -0.15) is 10.2 Å². The van der Waals surface area contributed by atoms with E-state index in [9.17, 15) is 9.59 Å². The van der Waals surface area contributed by atoms with Crippen LogP contribution in [0.4, 0.5) is 0 Å². The summed E-state index contributed by atoms with van der Waals surface area (Å²) in [5.74, 6) is -0.950. The van der Waals surface area contributed by atoms with Crippen LogP contribution in [-0.4, -0.2) is 40.6 Å². The van der Waals surface area contributed by atoms with Gasteiger partial charge in [0, 0.05) is 12.7 Å². The minimum atomic E-state index is -1.10. The largest absolute Gasteiger partial charge is 0.478 e. The smallest absolute Gasteiger partial charge is 0.338 e. The SMILES string of the molecule is CCC(C)(C)Cn1ncc2nc(-n3cc(C(=O)O)cn3)[nH]c(=O)c21. The van der Waals surface area contributed by atoms with Gasteiger partial charge in [-0.1, -0.05) is 20.8 Å². The Morgan fingerprint density at radius 3 is 2.71 bits per heavy atom. The summed E-state index contributed by atoms with van der Waals surface area (Å²) >= 11 is 0. The number of fused-ring (bicyclic) bond motifs is 1. The van der Waals surface area contributed by atoms with Gasteiger partial charge in [-0.25, -0.2) is 14.5 Å². The fourth-order valence-electron chi connectivity index (χ4n) is 2.29. The van der Waals surface area contributed by atoms with E-state index in [4.69, 9.17) is 5.11 Å². The molecular weight excluding hydrogens is 312 g/mol. The van der Waals surface area contributed by atoms with Crippen molar-refractivity contribution in [3.05, 3.63) is 34.5 Å². The first-order valence-corrected chi connectivity index (χ1v) is 7.55. The second kappa shape index (κ2) is 5.59. The molecule has 0 aliphatic heterocycles. The Kier molecular flexibility index (Phi) is 3.70. The Morgan fingerprint density at radius 2 is 2.08 bits per heavy atom. The number of aromatic carboxylic acids is 1. The molecule has 24 heavy (non-hydrogen) atoms. The van der Waals surface area contributed by atoms with Crippen LogP contribution < -0.4 is 5.56 Å². The van der Waals surface area contributed by atoms with Crippen LogP contribution in [0, 0.1) is 5.41 Å². The molecule has 3 aromatic heterocycles. The van der Waals surface area contributed by atoms with Crippen molar-refractivity contribution in [2.45, 2.75) is 33.7 Å². The summed E-state index contributed by atoms with van der Waals surface area (Å²) < 4.78 is 2.87. The molecule has 0 atom stereocenters. The Labute approximate surface area is 136 Å². The van der Waals surface area contributed by atoms with Gasteiger partial charge in [0.1, 0.15) is 5.52 Å². The third-order valence-corrected chi connectivity index (χ3v) is 4.07. The second-order valence-corrected chi connectivity index (χ2v) is 6.42. The standard InChI is InChI=1S/C15H18N6O3/c1-4-15(2,3)8-21-11-10(6-17-21)18-14(19-12(11)22)20-7-9(5-16-20)13(23)24/h5-7H,4,8H2,1-3H3,(H,23,24)(H,18,19,22). The molecule has 0 aliphatic rings. The number of carboxylic acids is 1. The van der Waals surface area contributed by atoms with E-state index >= 15 is 0 Å². The molecule has 2 N–H and O–H groups in total. The molecule has 0 amide bonds. The summed E-state index contributed by atoms with van der Waals surface area (Å²) in [6.45, 7) is 6.90. The lowest BCUT2D eigenvalue weighted by Crippen LogP contribution is -2.23. The summed E-state index contributed by atoms with van der Waals surface area (Å²) in [6, 6.07) is 0. The summed E-state index contributed by atoms with van der Waals surface area (Å²) in [5, 5.41) is 17.1. The molecule has 126 valence electrons. The monoisotopic (exact) mass is 330 g/mol. The summed E-state index contributed by atoms with van der Waals surface area (Å²) in [4.78, 5) is 30.3. The van der Waals surface area contributed by atoms with Crippen LogP contribution in [0.25, 0.3) is 17.0 Å². The van der Waals surface area contributed by atoms with Crippen molar-refractivity contribution in [1.29, 1.82) is 0 Å². The van der Waals surface area contributed by atoms with Crippen molar-refractivity contribution in [3.63, 3.8) is 0 Å². The minimum absolute atomic E-state index is 0.00241. The third kappa shape index (κ3) is 2.80. The normalized spacial score (nSPS) is 12.0. The quantitative estimate of drug-likeness (QED) is 0.730. The van der Waals surface area contributed by atoms with E-state index in [0.29, 0.717) is 17.6 Å². The molecule has 0 aromatic carbocycles. The average molecular weight is 330 g/mol. The molecular formula is C15H18N6O3. The van der Waals surface area contributed by atoms with Crippen molar-refractivity contribution in [1.82, 2.24) is 29.5 Å². The number of aromatic nitrogens is 6. The van der Waals surface area contributed by atoms with E-state index in [0.717, 1.165) is 6.42 Å². The van der Waals surface area contributed by atoms with Gasteiger partial charge in [-0.05, 0) is 11.8 Å². The molecule has 0 unspecified atom stereocenters. The first-order chi connectivity index (χ1) is 11.3. The Balaban J connectivity index is 2.06. The van der Waals surface area contributed by atoms with Crippen molar-refractivity contribution in [2.24, 2.45) is 5.41 Å². The van der Waals surface area contributed by atoms with E-state index in [-0.39, 0.29) is 22.5 Å². The maximum Gasteiger partial charge on any atom is 0.338 e. The van der Waals surface area contributed by atoms with Gasteiger partial charge in [0.25, 0.3) is 5.56 Å². The number of nitrogens with one attached hydrogen (secondary N) is 1. The van der Waals surface area contributed by atoms with Gasteiger partial charge in [-0.15, -0.1) is 0 Å². The predicted molar refractivity (Wildman–Crippen MR) is 86.3 cm³/mol. The van der Waals surface area contributed by atoms with Crippen molar-refractivity contribution >= 4 is 17.0 Å². The summed E-state index contributed by atoms with van der Waals surface area (Å²) in [7, 11) is 0. The second-order valence-electron chi connectivity index (χ2n) is 6.42. The van der Waals surface area contributed by atoms with E-state index in [1.54, 1.807) is 4.68 Å². The number of rotatable bonds is 5. The van der Waals surface area contributed by atoms with Crippen LogP contribution in [0.1, 0.15) is 37.6 Å². The number of carboxylic acid groups (broad SMARTS) is 1. The van der Waals surface area contributed by atoms with Crippen LogP contribution in [0.5, 0.6) is 0 Å². The zero-order valence-electron chi connectivity index (χ0n) is 13.6. The van der Waals surface area contributed by atoms with Crippen molar-refractivity contribution in [2.75, 3.05) is 0 Å². The molecule has 3 rings (SSSR count). The molecule has 3 aromatic rings. The molecule has 0 bridgehead atoms. The van der Waals surface area contributed by atoms with Crippen LogP contribution in [0.3, 0.4) is 0 Å². The number of hydrogen-bond acceptors (Lipinski definition) is 5. The highest BCUT2D eigenvalue weighted by Gasteiger charge is 2.20. The van der Waals surface area contributed by atoms with Crippen LogP contribution in [-0.2, 0) is 6.54 Å². The van der Waals surface area contributed by atoms with Crippen LogP contribution in [0.15, 0.2) is 23.4 Å². The number of H-pyrrole nitrogens is 1. The topological polar surface area (TPSA) is 119 Å². The van der Waals surface area contributed by atoms with Gasteiger partial charge in [0.05, 0.1) is 18.0 Å². The molecule has 3 heterocycles. The van der Waals surface area contributed by atoms with Gasteiger partial charge < -0.3 is 5.11 Å². The minimum Gasteiger partial charge on any atom is -0.478 e. The molecule has 0 radical (unpaired) electrons. The fraction of sp³-hybridized carbons (Fsp3) is 0.400. The lowest BCUT2D eigenvalue weighted by molar-refractivity contribution is 0.0697. The molecule has 0 saturated carbocycles. The lowest BCUT2D eigenvalue weighted by atomic mass is 9.90. The molecule has 0 aliphatic carbocycles. The van der Waals surface area contributed by atoms with Crippen molar-refractivity contribution < 1.29 is 9.90 Å².